The third-order valence-electron chi connectivity index (χ3n) is 5.53. The highest BCUT2D eigenvalue weighted by Crippen LogP contribution is 2.63. The first-order valence-electron chi connectivity index (χ1n) is 8.00. The van der Waals surface area contributed by atoms with Crippen LogP contribution in [0.5, 0.6) is 11.5 Å². The van der Waals surface area contributed by atoms with Crippen LogP contribution in [0.3, 0.4) is 0 Å². The van der Waals surface area contributed by atoms with E-state index >= 15 is 0 Å². The molecule has 2 aromatic rings. The van der Waals surface area contributed by atoms with Gasteiger partial charge in [0.2, 0.25) is 0 Å². The minimum absolute atomic E-state index is 0.0304. The van der Waals surface area contributed by atoms with Gasteiger partial charge in [-0.1, -0.05) is 24.6 Å². The van der Waals surface area contributed by atoms with Crippen molar-refractivity contribution in [2.75, 3.05) is 7.11 Å². The van der Waals surface area contributed by atoms with Crippen LogP contribution in [0.4, 0.5) is 4.79 Å². The number of carbonyl (C=O) groups is 1. The smallest absolute Gasteiger partial charge is 0.507 e. The van der Waals surface area contributed by atoms with Gasteiger partial charge < -0.3 is 14.6 Å². The summed E-state index contributed by atoms with van der Waals surface area (Å²) in [5, 5.41) is 12.4. The average Bonchev–Trinajstić information content (AvgIpc) is 3.04. The molecule has 2 atom stereocenters. The van der Waals surface area contributed by atoms with Gasteiger partial charge in [-0.25, -0.2) is 4.79 Å². The Morgan fingerprint density at radius 2 is 2.13 bits per heavy atom. The number of rotatable bonds is 1. The summed E-state index contributed by atoms with van der Waals surface area (Å²) >= 11 is 0. The Labute approximate surface area is 135 Å². The second kappa shape index (κ2) is 4.63. The summed E-state index contributed by atoms with van der Waals surface area (Å²) in [6.45, 7) is 4.18. The molecule has 2 aliphatic carbocycles. The zero-order valence-electron chi connectivity index (χ0n) is 13.6. The van der Waals surface area contributed by atoms with Crippen LogP contribution in [0, 0.1) is 6.92 Å². The molecule has 2 bridgehead atoms. The first-order chi connectivity index (χ1) is 10.9. The van der Waals surface area contributed by atoms with Crippen molar-refractivity contribution in [3.63, 3.8) is 0 Å². The molecule has 0 heterocycles. The molecule has 0 aromatic heterocycles. The number of methoxy groups -OCH3 is 1. The SMILES string of the molecule is COC(=O)Oc1c2c(c(O)c3ccc(C)cc13)C1(C)CCC2C1. The summed E-state index contributed by atoms with van der Waals surface area (Å²) in [5.41, 5.74) is 2.99. The van der Waals surface area contributed by atoms with Crippen LogP contribution in [0.1, 0.15) is 48.8 Å². The number of carbonyl (C=O) groups excluding carboxylic acids is 1. The summed E-state index contributed by atoms with van der Waals surface area (Å²) < 4.78 is 10.3. The zero-order chi connectivity index (χ0) is 16.4. The molecule has 1 N–H and O–H groups in total. The molecule has 0 saturated heterocycles. The van der Waals surface area contributed by atoms with Gasteiger partial charge in [-0.05, 0) is 43.6 Å². The normalized spacial score (nSPS) is 24.7. The minimum atomic E-state index is -0.714. The molecule has 1 fully saturated rings. The molecule has 2 aromatic carbocycles. The molecular formula is C19H20O4. The van der Waals surface area contributed by atoms with Crippen LogP contribution in [0.25, 0.3) is 10.8 Å². The molecule has 0 spiro atoms. The van der Waals surface area contributed by atoms with Gasteiger partial charge in [0.25, 0.3) is 0 Å². The lowest BCUT2D eigenvalue weighted by molar-refractivity contribution is 0.121. The van der Waals surface area contributed by atoms with Crippen molar-refractivity contribution < 1.29 is 19.4 Å². The highest BCUT2D eigenvalue weighted by atomic mass is 16.7. The summed E-state index contributed by atoms with van der Waals surface area (Å²) in [7, 11) is 1.31. The first-order valence-corrected chi connectivity index (χ1v) is 8.00. The van der Waals surface area contributed by atoms with E-state index in [-0.39, 0.29) is 5.41 Å². The Bertz CT molecular complexity index is 839. The lowest BCUT2D eigenvalue weighted by Gasteiger charge is -2.27. The fourth-order valence-electron chi connectivity index (χ4n) is 4.52. The lowest BCUT2D eigenvalue weighted by Crippen LogP contribution is -2.18. The number of hydrogen-bond donors (Lipinski definition) is 1. The van der Waals surface area contributed by atoms with Gasteiger partial charge in [-0.2, -0.15) is 0 Å². The molecule has 2 aliphatic rings. The van der Waals surface area contributed by atoms with Crippen molar-refractivity contribution >= 4 is 16.9 Å². The van der Waals surface area contributed by atoms with Crippen molar-refractivity contribution in [2.24, 2.45) is 0 Å². The fraction of sp³-hybridized carbons (Fsp3) is 0.421. The van der Waals surface area contributed by atoms with Crippen LogP contribution < -0.4 is 4.74 Å². The predicted octanol–water partition coefficient (Wildman–Crippen LogP) is 4.54. The molecule has 0 amide bonds. The Morgan fingerprint density at radius 1 is 1.35 bits per heavy atom. The largest absolute Gasteiger partial charge is 0.513 e. The number of phenolic OH excluding ortho intramolecular Hbond substituents is 1. The van der Waals surface area contributed by atoms with E-state index < -0.39 is 6.16 Å². The van der Waals surface area contributed by atoms with E-state index in [1.54, 1.807) is 0 Å². The molecule has 0 radical (unpaired) electrons. The predicted molar refractivity (Wildman–Crippen MR) is 87.3 cm³/mol. The molecule has 120 valence electrons. The van der Waals surface area contributed by atoms with Gasteiger partial charge in [0.05, 0.1) is 7.11 Å². The van der Waals surface area contributed by atoms with Crippen molar-refractivity contribution in [3.05, 3.63) is 34.9 Å². The molecule has 1 saturated carbocycles. The maximum atomic E-state index is 11.8. The third-order valence-corrected chi connectivity index (χ3v) is 5.53. The molecule has 2 unspecified atom stereocenters. The minimum Gasteiger partial charge on any atom is -0.507 e. The lowest BCUT2D eigenvalue weighted by atomic mass is 9.78. The monoisotopic (exact) mass is 312 g/mol. The van der Waals surface area contributed by atoms with Gasteiger partial charge in [-0.15, -0.1) is 0 Å². The van der Waals surface area contributed by atoms with Crippen molar-refractivity contribution in [1.82, 2.24) is 0 Å². The van der Waals surface area contributed by atoms with Crippen LogP contribution in [-0.4, -0.2) is 18.4 Å². The summed E-state index contributed by atoms with van der Waals surface area (Å²) in [4.78, 5) is 11.8. The Balaban J connectivity index is 2.09. The van der Waals surface area contributed by atoms with Gasteiger partial charge in [0, 0.05) is 21.9 Å². The summed E-state index contributed by atoms with van der Waals surface area (Å²) in [5.74, 6) is 1.25. The molecular weight excluding hydrogens is 292 g/mol. The van der Waals surface area contributed by atoms with E-state index in [4.69, 9.17) is 9.47 Å². The van der Waals surface area contributed by atoms with E-state index in [1.165, 1.54) is 7.11 Å². The third kappa shape index (κ3) is 1.87. The number of fused-ring (bicyclic) bond motifs is 6. The fourth-order valence-corrected chi connectivity index (χ4v) is 4.52. The number of aryl methyl sites for hydroxylation is 1. The zero-order valence-corrected chi connectivity index (χ0v) is 13.6. The Hall–Kier alpha value is -2.23. The number of hydrogen-bond acceptors (Lipinski definition) is 4. The standard InChI is InChI=1S/C19H20O4/c1-10-4-5-12-13(8-10)17(23-18(21)22-3)14-11-6-7-19(2,9-11)15(14)16(12)20/h4-5,8,11,20H,6-7,9H2,1-3H3. The van der Waals surface area contributed by atoms with Crippen LogP contribution in [0.15, 0.2) is 18.2 Å². The molecule has 4 rings (SSSR count). The number of benzene rings is 2. The Morgan fingerprint density at radius 3 is 2.87 bits per heavy atom. The molecule has 0 aliphatic heterocycles. The van der Waals surface area contributed by atoms with Gasteiger partial charge >= 0.3 is 6.16 Å². The average molecular weight is 312 g/mol. The molecule has 4 nitrogen and oxygen atoms in total. The van der Waals surface area contributed by atoms with Crippen molar-refractivity contribution in [3.8, 4) is 11.5 Å². The van der Waals surface area contributed by atoms with Crippen LogP contribution in [0.2, 0.25) is 0 Å². The molecule has 4 heteroatoms. The second-order valence-corrected chi connectivity index (χ2v) is 7.07. The van der Waals surface area contributed by atoms with Crippen LogP contribution >= 0.6 is 0 Å². The number of aromatic hydroxyl groups is 1. The molecule has 23 heavy (non-hydrogen) atoms. The topological polar surface area (TPSA) is 55.8 Å². The van der Waals surface area contributed by atoms with Gasteiger partial charge in [0.1, 0.15) is 11.5 Å². The van der Waals surface area contributed by atoms with E-state index in [2.05, 4.69) is 6.92 Å². The quantitative estimate of drug-likeness (QED) is 0.620. The van der Waals surface area contributed by atoms with Gasteiger partial charge in [0.15, 0.2) is 0 Å². The number of phenols is 1. The van der Waals surface area contributed by atoms with Crippen LogP contribution in [-0.2, 0) is 10.2 Å². The van der Waals surface area contributed by atoms with Crippen molar-refractivity contribution in [2.45, 2.75) is 44.4 Å². The maximum absolute atomic E-state index is 11.8. The first kappa shape index (κ1) is 14.4. The summed E-state index contributed by atoms with van der Waals surface area (Å²) in [6.07, 6.45) is 2.42. The highest BCUT2D eigenvalue weighted by Gasteiger charge is 2.50. The van der Waals surface area contributed by atoms with E-state index in [0.29, 0.717) is 17.4 Å². The second-order valence-electron chi connectivity index (χ2n) is 7.07. The van der Waals surface area contributed by atoms with Gasteiger partial charge in [-0.3, -0.25) is 0 Å². The van der Waals surface area contributed by atoms with E-state index in [9.17, 15) is 9.90 Å². The summed E-state index contributed by atoms with van der Waals surface area (Å²) in [6, 6.07) is 5.83. The van der Waals surface area contributed by atoms with E-state index in [1.807, 2.05) is 25.1 Å². The van der Waals surface area contributed by atoms with Crippen molar-refractivity contribution in [1.29, 1.82) is 0 Å². The van der Waals surface area contributed by atoms with E-state index in [0.717, 1.165) is 46.7 Å². The maximum Gasteiger partial charge on any atom is 0.513 e. The Kier molecular flexibility index (Phi) is 2.89. The number of ether oxygens (including phenoxy) is 2. The highest BCUT2D eigenvalue weighted by molar-refractivity contribution is 5.98.